The summed E-state index contributed by atoms with van der Waals surface area (Å²) in [6.07, 6.45) is 0. The number of rotatable bonds is 10. The van der Waals surface area contributed by atoms with E-state index in [4.69, 9.17) is 0 Å². The van der Waals surface area contributed by atoms with Crippen molar-refractivity contribution >= 4 is 53.9 Å². The van der Waals surface area contributed by atoms with Gasteiger partial charge in [0.25, 0.3) is 0 Å². The van der Waals surface area contributed by atoms with Crippen LogP contribution in [0.5, 0.6) is 0 Å². The molecule has 17 aromatic carbocycles. The fraction of sp³-hybridized carbons (Fsp3) is 0. The molecule has 0 bridgehead atoms. The van der Waals surface area contributed by atoms with Crippen molar-refractivity contribution < 1.29 is 0 Å². The third kappa shape index (κ3) is 10.4. The van der Waals surface area contributed by atoms with Crippen molar-refractivity contribution in [3.8, 4) is 111 Å². The highest BCUT2D eigenvalue weighted by atomic mass is 14.3. The molecule has 0 nitrogen and oxygen atoms in total. The number of hydrogen-bond acceptors (Lipinski definition) is 0. The Morgan fingerprint density at radius 2 is 0.391 bits per heavy atom. The van der Waals surface area contributed by atoms with Gasteiger partial charge in [0.1, 0.15) is 0 Å². The zero-order valence-electron chi connectivity index (χ0n) is 50.8. The zero-order valence-corrected chi connectivity index (χ0v) is 50.8. The minimum Gasteiger partial charge on any atom is -0.0622 e. The van der Waals surface area contributed by atoms with Crippen molar-refractivity contribution in [2.24, 2.45) is 0 Å². The predicted octanol–water partition coefficient (Wildman–Crippen LogP) is 25.8. The molecule has 0 N–H and O–H groups in total. The van der Waals surface area contributed by atoms with Gasteiger partial charge >= 0.3 is 0 Å². The lowest BCUT2D eigenvalue weighted by molar-refractivity contribution is 1.59. The molecule has 0 fully saturated rings. The Morgan fingerprint density at radius 3 is 0.902 bits per heavy atom. The molecular formula is C92H62. The highest BCUT2D eigenvalue weighted by Crippen LogP contribution is 2.50. The molecule has 0 saturated carbocycles. The second-order valence-corrected chi connectivity index (χ2v) is 23.7. The van der Waals surface area contributed by atoms with Crippen LogP contribution in [0.1, 0.15) is 0 Å². The fourth-order valence-corrected chi connectivity index (χ4v) is 14.1. The van der Waals surface area contributed by atoms with Gasteiger partial charge in [0.2, 0.25) is 0 Å². The lowest BCUT2D eigenvalue weighted by Gasteiger charge is -2.21. The first kappa shape index (κ1) is 55.4. The first-order chi connectivity index (χ1) is 45.7. The summed E-state index contributed by atoms with van der Waals surface area (Å²) >= 11 is 0. The number of fused-ring (bicyclic) bond motifs is 5. The summed E-state index contributed by atoms with van der Waals surface area (Å²) in [7, 11) is 0. The van der Waals surface area contributed by atoms with Crippen molar-refractivity contribution in [3.63, 3.8) is 0 Å². The largest absolute Gasteiger partial charge is 0.0622 e. The Morgan fingerprint density at radius 1 is 0.109 bits per heavy atom. The van der Waals surface area contributed by atoms with Crippen LogP contribution < -0.4 is 0 Å². The topological polar surface area (TPSA) is 0 Å². The Labute approximate surface area is 537 Å². The fourth-order valence-electron chi connectivity index (χ4n) is 14.1. The monoisotopic (exact) mass is 1170 g/mol. The molecule has 0 unspecified atom stereocenters. The molecule has 0 heteroatoms. The normalized spacial score (nSPS) is 11.3. The van der Waals surface area contributed by atoms with E-state index in [-0.39, 0.29) is 0 Å². The van der Waals surface area contributed by atoms with Crippen LogP contribution in [0.4, 0.5) is 0 Å². The molecule has 0 aromatic heterocycles. The summed E-state index contributed by atoms with van der Waals surface area (Å²) in [4.78, 5) is 0. The van der Waals surface area contributed by atoms with Crippen molar-refractivity contribution in [2.45, 2.75) is 0 Å². The molecule has 17 rings (SSSR count). The summed E-state index contributed by atoms with van der Waals surface area (Å²) in [6.45, 7) is 0. The van der Waals surface area contributed by atoms with Gasteiger partial charge < -0.3 is 0 Å². The first-order valence-electron chi connectivity index (χ1n) is 31.8. The molecule has 17 aromatic rings. The van der Waals surface area contributed by atoms with Gasteiger partial charge in [-0.3, -0.25) is 0 Å². The SMILES string of the molecule is c1ccc(-c2ccc(-c3c4ccccc4c(-c4ccccc4-c4ccccc4)c4ccc(-c5cccc6ccccc56)cc34)cc2)cc1.c1ccc(-c2cccc(-c3c4ccccc4c(-c4ccccc4-c4ccccc4)c4ccc(-c5ccccc5)cc34)c2)cc1. The van der Waals surface area contributed by atoms with E-state index in [0.29, 0.717) is 0 Å². The predicted molar refractivity (Wildman–Crippen MR) is 395 cm³/mol. The van der Waals surface area contributed by atoms with E-state index in [1.807, 2.05) is 0 Å². The number of hydrogen-bond donors (Lipinski definition) is 0. The van der Waals surface area contributed by atoms with E-state index in [9.17, 15) is 0 Å². The van der Waals surface area contributed by atoms with Crippen molar-refractivity contribution in [1.29, 1.82) is 0 Å². The maximum absolute atomic E-state index is 2.43. The Hall–Kier alpha value is -12.0. The molecule has 0 radical (unpaired) electrons. The van der Waals surface area contributed by atoms with Crippen LogP contribution in [-0.4, -0.2) is 0 Å². The molecule has 0 saturated heterocycles. The molecule has 0 aliphatic carbocycles. The lowest BCUT2D eigenvalue weighted by Crippen LogP contribution is -1.93. The van der Waals surface area contributed by atoms with Gasteiger partial charge in [0.05, 0.1) is 0 Å². The molecule has 0 spiro atoms. The second-order valence-electron chi connectivity index (χ2n) is 23.7. The van der Waals surface area contributed by atoms with Gasteiger partial charge in [-0.2, -0.15) is 0 Å². The van der Waals surface area contributed by atoms with E-state index in [0.717, 1.165) is 0 Å². The highest BCUT2D eigenvalue weighted by Gasteiger charge is 2.23. The van der Waals surface area contributed by atoms with Crippen molar-refractivity contribution in [2.75, 3.05) is 0 Å². The van der Waals surface area contributed by atoms with E-state index < -0.39 is 0 Å². The molecule has 0 amide bonds. The average molecular weight is 1170 g/mol. The summed E-state index contributed by atoms with van der Waals surface area (Å²) in [5.74, 6) is 0. The highest BCUT2D eigenvalue weighted by molar-refractivity contribution is 6.25. The molecule has 0 heterocycles. The van der Waals surface area contributed by atoms with Gasteiger partial charge in [-0.1, -0.05) is 358 Å². The van der Waals surface area contributed by atoms with Gasteiger partial charge in [-0.15, -0.1) is 0 Å². The average Bonchev–Trinajstić information content (AvgIpc) is 0.752. The van der Waals surface area contributed by atoms with Crippen LogP contribution in [0.3, 0.4) is 0 Å². The minimum absolute atomic E-state index is 1.22. The van der Waals surface area contributed by atoms with E-state index in [1.54, 1.807) is 0 Å². The van der Waals surface area contributed by atoms with Crippen molar-refractivity contribution in [3.05, 3.63) is 376 Å². The van der Waals surface area contributed by atoms with Crippen LogP contribution in [0.2, 0.25) is 0 Å². The summed E-state index contributed by atoms with van der Waals surface area (Å²) < 4.78 is 0. The quantitative estimate of drug-likeness (QED) is 0.120. The molecule has 92 heavy (non-hydrogen) atoms. The lowest BCUT2D eigenvalue weighted by atomic mass is 9.82. The van der Waals surface area contributed by atoms with Crippen LogP contribution in [0.25, 0.3) is 165 Å². The van der Waals surface area contributed by atoms with Crippen LogP contribution >= 0.6 is 0 Å². The van der Waals surface area contributed by atoms with Gasteiger partial charge in [-0.25, -0.2) is 0 Å². The van der Waals surface area contributed by atoms with E-state index in [2.05, 4.69) is 376 Å². The Kier molecular flexibility index (Phi) is 14.8. The van der Waals surface area contributed by atoms with Crippen molar-refractivity contribution in [1.82, 2.24) is 0 Å². The van der Waals surface area contributed by atoms with E-state index in [1.165, 1.54) is 165 Å². The third-order valence-electron chi connectivity index (χ3n) is 18.4. The zero-order chi connectivity index (χ0) is 61.2. The third-order valence-corrected chi connectivity index (χ3v) is 18.4. The standard InChI is InChI=1S/C48H32.C44H30/c1-3-14-33(15-4-1)34-26-28-37(29-27-34)47-43-23-11-12-24-44(43)48(42-22-10-9-21-40(42)35-16-5-2-6-17-35)45-31-30-38(32-46(45)47)41-25-13-19-36-18-7-8-20-39(36)41;1-4-15-31(16-5-1)34-21-14-22-36(29-34)43-39-25-12-13-26-40(39)44(38-24-11-10-23-37(38)33-19-8-3-9-20-33)41-28-27-35(30-42(41)43)32-17-6-2-7-18-32/h1-32H;1-30H. The second kappa shape index (κ2) is 24.5. The first-order valence-corrected chi connectivity index (χ1v) is 31.8. The Bertz CT molecular complexity index is 5510. The van der Waals surface area contributed by atoms with E-state index >= 15 is 0 Å². The molecule has 0 aliphatic rings. The minimum atomic E-state index is 1.22. The van der Waals surface area contributed by atoms with Crippen LogP contribution in [0.15, 0.2) is 376 Å². The molecule has 0 aliphatic heterocycles. The maximum atomic E-state index is 2.43. The molecular weight excluding hydrogens is 1110 g/mol. The maximum Gasteiger partial charge on any atom is -0.00201 e. The summed E-state index contributed by atoms with van der Waals surface area (Å²) in [5.41, 5.74) is 24.7. The molecule has 0 atom stereocenters. The van der Waals surface area contributed by atoms with Gasteiger partial charge in [-0.05, 0) is 183 Å². The summed E-state index contributed by atoms with van der Waals surface area (Å²) in [5, 5.41) is 12.6. The van der Waals surface area contributed by atoms with Crippen LogP contribution in [0, 0.1) is 0 Å². The van der Waals surface area contributed by atoms with Crippen LogP contribution in [-0.2, 0) is 0 Å². The number of benzene rings is 17. The Balaban J connectivity index is 0.000000147. The smallest absolute Gasteiger partial charge is 0.00201 e. The van der Waals surface area contributed by atoms with Gasteiger partial charge in [0, 0.05) is 0 Å². The molecule has 430 valence electrons. The van der Waals surface area contributed by atoms with Gasteiger partial charge in [0.15, 0.2) is 0 Å². The summed E-state index contributed by atoms with van der Waals surface area (Å²) in [6, 6.07) is 137.